The summed E-state index contributed by atoms with van der Waals surface area (Å²) in [6.07, 6.45) is -4.57. The van der Waals surface area contributed by atoms with E-state index < -0.39 is 17.6 Å². The zero-order valence-electron chi connectivity index (χ0n) is 14.1. The second-order valence-corrected chi connectivity index (χ2v) is 5.47. The number of anilines is 1. The highest BCUT2D eigenvalue weighted by Crippen LogP contribution is 2.34. The summed E-state index contributed by atoms with van der Waals surface area (Å²) in [4.78, 5) is 13.1. The van der Waals surface area contributed by atoms with E-state index in [2.05, 4.69) is 20.7 Å². The Kier molecular flexibility index (Phi) is 5.06. The fourth-order valence-electron chi connectivity index (χ4n) is 2.35. The van der Waals surface area contributed by atoms with Crippen LogP contribution in [0.4, 0.5) is 18.9 Å². The van der Waals surface area contributed by atoms with Gasteiger partial charge in [0, 0.05) is 5.56 Å². The number of para-hydroxylation sites is 1. The number of carbonyl (C=O) groups excluding carboxylic acids is 1. The van der Waals surface area contributed by atoms with Crippen LogP contribution in [0.1, 0.15) is 5.56 Å². The molecule has 0 atom stereocenters. The van der Waals surface area contributed by atoms with Crippen LogP contribution in [0, 0.1) is 0 Å². The topological polar surface area (TPSA) is 81.9 Å². The second-order valence-electron chi connectivity index (χ2n) is 5.47. The number of tetrazole rings is 1. The van der Waals surface area contributed by atoms with Crippen molar-refractivity contribution in [3.63, 3.8) is 0 Å². The van der Waals surface area contributed by atoms with E-state index in [4.69, 9.17) is 4.74 Å². The molecule has 0 saturated heterocycles. The molecule has 3 rings (SSSR count). The average Bonchev–Trinajstić information content (AvgIpc) is 3.09. The molecule has 0 spiro atoms. The van der Waals surface area contributed by atoms with Gasteiger partial charge in [-0.05, 0) is 29.5 Å². The molecule has 0 radical (unpaired) electrons. The van der Waals surface area contributed by atoms with E-state index in [-0.39, 0.29) is 18.1 Å². The van der Waals surface area contributed by atoms with Crippen molar-refractivity contribution in [2.24, 2.45) is 0 Å². The van der Waals surface area contributed by atoms with Crippen molar-refractivity contribution in [1.29, 1.82) is 0 Å². The maximum Gasteiger partial charge on any atom is 0.418 e. The minimum absolute atomic E-state index is 0.261. The number of amides is 1. The van der Waals surface area contributed by atoms with Gasteiger partial charge in [0.1, 0.15) is 12.3 Å². The molecule has 140 valence electrons. The number of aromatic nitrogens is 4. The van der Waals surface area contributed by atoms with Crippen molar-refractivity contribution < 1.29 is 22.7 Å². The number of nitrogens with one attached hydrogen (secondary N) is 1. The van der Waals surface area contributed by atoms with E-state index in [0.29, 0.717) is 11.3 Å². The first kappa shape index (κ1) is 18.4. The lowest BCUT2D eigenvalue weighted by atomic mass is 10.1. The van der Waals surface area contributed by atoms with Crippen LogP contribution >= 0.6 is 0 Å². The van der Waals surface area contributed by atoms with Crippen molar-refractivity contribution >= 4 is 11.6 Å². The summed E-state index contributed by atoms with van der Waals surface area (Å²) in [5, 5.41) is 13.9. The summed E-state index contributed by atoms with van der Waals surface area (Å²) >= 11 is 0. The van der Waals surface area contributed by atoms with Gasteiger partial charge in [-0.1, -0.05) is 24.3 Å². The summed E-state index contributed by atoms with van der Waals surface area (Å²) in [6, 6.07) is 11.7. The van der Waals surface area contributed by atoms with Crippen molar-refractivity contribution in [2.75, 3.05) is 12.4 Å². The third-order valence-corrected chi connectivity index (χ3v) is 3.57. The minimum atomic E-state index is -4.57. The number of hydrogen-bond donors (Lipinski definition) is 1. The molecule has 0 aliphatic carbocycles. The maximum absolute atomic E-state index is 13.0. The summed E-state index contributed by atoms with van der Waals surface area (Å²) in [7, 11) is 1.52. The Labute approximate surface area is 151 Å². The molecule has 2 aromatic carbocycles. The van der Waals surface area contributed by atoms with E-state index in [1.165, 1.54) is 25.3 Å². The zero-order valence-corrected chi connectivity index (χ0v) is 14.1. The molecule has 10 heteroatoms. The van der Waals surface area contributed by atoms with Gasteiger partial charge in [-0.2, -0.15) is 18.0 Å². The maximum atomic E-state index is 13.0. The number of halogens is 3. The highest BCUT2D eigenvalue weighted by Gasteiger charge is 2.33. The first-order valence-electron chi connectivity index (χ1n) is 7.75. The summed E-state index contributed by atoms with van der Waals surface area (Å²) in [5.41, 5.74) is -0.631. The lowest BCUT2D eigenvalue weighted by Gasteiger charge is -2.13. The standard InChI is InChI=1S/C17H14F3N5O2/c1-27-12-6-4-5-11(9-12)16-22-24-25(23-16)10-15(26)21-14-8-3-2-7-13(14)17(18,19)20/h2-9H,10H2,1H3,(H,21,26). The molecule has 1 N–H and O–H groups in total. The molecule has 0 fully saturated rings. The first-order valence-corrected chi connectivity index (χ1v) is 7.75. The molecule has 0 saturated carbocycles. The van der Waals surface area contributed by atoms with Crippen LogP contribution < -0.4 is 10.1 Å². The van der Waals surface area contributed by atoms with E-state index >= 15 is 0 Å². The molecule has 1 aromatic heterocycles. The van der Waals surface area contributed by atoms with Crippen LogP contribution in [-0.2, 0) is 17.5 Å². The molecule has 3 aromatic rings. The predicted molar refractivity (Wildman–Crippen MR) is 89.9 cm³/mol. The summed E-state index contributed by atoms with van der Waals surface area (Å²) < 4.78 is 44.0. The predicted octanol–water partition coefficient (Wildman–Crippen LogP) is 3.01. The Bertz CT molecular complexity index is 955. The van der Waals surface area contributed by atoms with Crippen molar-refractivity contribution in [1.82, 2.24) is 20.2 Å². The van der Waals surface area contributed by atoms with Crippen LogP contribution in [0.25, 0.3) is 11.4 Å². The second kappa shape index (κ2) is 7.44. The number of ether oxygens (including phenoxy) is 1. The molecule has 7 nitrogen and oxygen atoms in total. The molecular formula is C17H14F3N5O2. The van der Waals surface area contributed by atoms with Gasteiger partial charge in [-0.25, -0.2) is 0 Å². The van der Waals surface area contributed by atoms with E-state index in [9.17, 15) is 18.0 Å². The Morgan fingerprint density at radius 1 is 1.19 bits per heavy atom. The Morgan fingerprint density at radius 3 is 2.70 bits per heavy atom. The van der Waals surface area contributed by atoms with Crippen LogP contribution in [0.15, 0.2) is 48.5 Å². The van der Waals surface area contributed by atoms with Crippen LogP contribution in [0.2, 0.25) is 0 Å². The number of rotatable bonds is 5. The molecule has 1 amide bonds. The number of methoxy groups -OCH3 is 1. The van der Waals surface area contributed by atoms with Crippen LogP contribution in [-0.4, -0.2) is 33.2 Å². The van der Waals surface area contributed by atoms with Crippen LogP contribution in [0.3, 0.4) is 0 Å². The molecular weight excluding hydrogens is 363 g/mol. The molecule has 27 heavy (non-hydrogen) atoms. The molecule has 0 unspecified atom stereocenters. The summed E-state index contributed by atoms with van der Waals surface area (Å²) in [6.45, 7) is -0.386. The quantitative estimate of drug-likeness (QED) is 0.739. The summed E-state index contributed by atoms with van der Waals surface area (Å²) in [5.74, 6) is 0.157. The number of alkyl halides is 3. The molecule has 0 aliphatic heterocycles. The fourth-order valence-corrected chi connectivity index (χ4v) is 2.35. The van der Waals surface area contributed by atoms with Crippen LogP contribution in [0.5, 0.6) is 5.75 Å². The number of carbonyl (C=O) groups is 1. The van der Waals surface area contributed by atoms with E-state index in [1.54, 1.807) is 24.3 Å². The van der Waals surface area contributed by atoms with Gasteiger partial charge in [0.05, 0.1) is 18.4 Å². The molecule has 1 heterocycles. The van der Waals surface area contributed by atoms with Gasteiger partial charge < -0.3 is 10.1 Å². The number of benzene rings is 2. The van der Waals surface area contributed by atoms with Gasteiger partial charge >= 0.3 is 6.18 Å². The van der Waals surface area contributed by atoms with Gasteiger partial charge in [0.15, 0.2) is 0 Å². The highest BCUT2D eigenvalue weighted by atomic mass is 19.4. The third-order valence-electron chi connectivity index (χ3n) is 3.57. The Morgan fingerprint density at radius 2 is 1.96 bits per heavy atom. The number of hydrogen-bond acceptors (Lipinski definition) is 5. The van der Waals surface area contributed by atoms with Gasteiger partial charge in [0.2, 0.25) is 11.7 Å². The first-order chi connectivity index (χ1) is 12.9. The van der Waals surface area contributed by atoms with Crippen molar-refractivity contribution in [3.8, 4) is 17.1 Å². The van der Waals surface area contributed by atoms with Crippen molar-refractivity contribution in [3.05, 3.63) is 54.1 Å². The zero-order chi connectivity index (χ0) is 19.4. The van der Waals surface area contributed by atoms with Gasteiger partial charge in [0.25, 0.3) is 0 Å². The largest absolute Gasteiger partial charge is 0.497 e. The highest BCUT2D eigenvalue weighted by molar-refractivity contribution is 5.91. The van der Waals surface area contributed by atoms with E-state index in [0.717, 1.165) is 10.9 Å². The lowest BCUT2D eigenvalue weighted by Crippen LogP contribution is -2.22. The SMILES string of the molecule is COc1cccc(-c2nnn(CC(=O)Nc3ccccc3C(F)(F)F)n2)c1. The monoisotopic (exact) mass is 377 g/mol. The lowest BCUT2D eigenvalue weighted by molar-refractivity contribution is -0.137. The van der Waals surface area contributed by atoms with Gasteiger partial charge in [-0.15, -0.1) is 10.2 Å². The third kappa shape index (κ3) is 4.40. The fraction of sp³-hybridized carbons (Fsp3) is 0.176. The Balaban J connectivity index is 1.72. The molecule has 0 aliphatic rings. The van der Waals surface area contributed by atoms with Gasteiger partial charge in [-0.3, -0.25) is 4.79 Å². The van der Waals surface area contributed by atoms with E-state index in [1.807, 2.05) is 0 Å². The smallest absolute Gasteiger partial charge is 0.418 e. The molecule has 0 bridgehead atoms. The average molecular weight is 377 g/mol. The Hall–Kier alpha value is -3.43. The number of nitrogens with zero attached hydrogens (tertiary/aromatic N) is 4. The van der Waals surface area contributed by atoms with Crippen molar-refractivity contribution in [2.45, 2.75) is 12.7 Å². The minimum Gasteiger partial charge on any atom is -0.497 e. The normalized spacial score (nSPS) is 11.3.